The first-order chi connectivity index (χ1) is 18.6. The number of fused-ring (bicyclic) bond motifs is 1. The lowest BCUT2D eigenvalue weighted by atomic mass is 9.97. The van der Waals surface area contributed by atoms with Gasteiger partial charge in [-0.2, -0.15) is 5.10 Å². The van der Waals surface area contributed by atoms with Crippen LogP contribution >= 0.6 is 0 Å². The Morgan fingerprint density at radius 3 is 2.26 bits per heavy atom. The quantitative estimate of drug-likeness (QED) is 0.294. The average molecular weight is 511 g/mol. The number of aryl methyl sites for hydroxylation is 1. The summed E-state index contributed by atoms with van der Waals surface area (Å²) in [5.41, 5.74) is 3.89. The molecular weight excluding hydrogens is 472 g/mol. The molecule has 3 heterocycles. The first-order valence-electron chi connectivity index (χ1n) is 14.0. The molecule has 1 aliphatic heterocycles. The summed E-state index contributed by atoms with van der Waals surface area (Å²) in [7, 11) is 0. The highest BCUT2D eigenvalue weighted by atomic mass is 16.2. The molecule has 7 heteroatoms. The first kappa shape index (κ1) is 25.9. The molecule has 2 aromatic carbocycles. The summed E-state index contributed by atoms with van der Waals surface area (Å²) in [6.07, 6.45) is 4.78. The fourth-order valence-electron chi connectivity index (χ4n) is 5.39. The number of anilines is 1. The van der Waals surface area contributed by atoms with E-state index in [2.05, 4.69) is 47.9 Å². The van der Waals surface area contributed by atoms with Gasteiger partial charge < -0.3 is 9.80 Å². The minimum atomic E-state index is 0.135. The minimum Gasteiger partial charge on any atom is -0.352 e. The van der Waals surface area contributed by atoms with Crippen LogP contribution in [0.4, 0.5) is 5.82 Å². The van der Waals surface area contributed by atoms with Gasteiger partial charge in [0, 0.05) is 38.5 Å². The van der Waals surface area contributed by atoms with Gasteiger partial charge in [-0.3, -0.25) is 4.79 Å². The smallest absolute Gasteiger partial charge is 0.225 e. The van der Waals surface area contributed by atoms with Crippen LogP contribution in [0.1, 0.15) is 56.6 Å². The molecule has 1 aliphatic rings. The number of unbranched alkanes of at least 4 members (excludes halogenated alkanes) is 1. The van der Waals surface area contributed by atoms with Crippen LogP contribution in [0.15, 0.2) is 60.7 Å². The molecular formula is C31H38N6O. The van der Waals surface area contributed by atoms with E-state index < -0.39 is 0 Å². The van der Waals surface area contributed by atoms with Crippen molar-refractivity contribution in [1.82, 2.24) is 24.6 Å². The third-order valence-corrected chi connectivity index (χ3v) is 7.57. The molecule has 1 fully saturated rings. The number of carbonyl (C=O) groups is 1. The predicted octanol–water partition coefficient (Wildman–Crippen LogP) is 5.58. The molecule has 1 saturated heterocycles. The largest absolute Gasteiger partial charge is 0.352 e. The molecule has 1 amide bonds. The van der Waals surface area contributed by atoms with Crippen molar-refractivity contribution in [3.63, 3.8) is 0 Å². The second-order valence-corrected chi connectivity index (χ2v) is 10.2. The van der Waals surface area contributed by atoms with E-state index in [0.717, 1.165) is 72.8 Å². The first-order valence-corrected chi connectivity index (χ1v) is 14.0. The van der Waals surface area contributed by atoms with Gasteiger partial charge in [0.2, 0.25) is 5.91 Å². The zero-order valence-corrected chi connectivity index (χ0v) is 22.8. The second-order valence-electron chi connectivity index (χ2n) is 10.2. The lowest BCUT2D eigenvalue weighted by Crippen LogP contribution is -2.50. The monoisotopic (exact) mass is 510 g/mol. The van der Waals surface area contributed by atoms with E-state index in [9.17, 15) is 4.79 Å². The molecule has 0 radical (unpaired) electrons. The number of hydrogen-bond acceptors (Lipinski definition) is 5. The van der Waals surface area contributed by atoms with Crippen LogP contribution < -0.4 is 4.90 Å². The van der Waals surface area contributed by atoms with Crippen molar-refractivity contribution in [2.45, 2.75) is 52.9 Å². The van der Waals surface area contributed by atoms with Gasteiger partial charge >= 0.3 is 0 Å². The molecule has 5 rings (SSSR count). The topological polar surface area (TPSA) is 67.2 Å². The third-order valence-electron chi connectivity index (χ3n) is 7.57. The van der Waals surface area contributed by atoms with Crippen LogP contribution in [-0.2, 0) is 11.2 Å². The van der Waals surface area contributed by atoms with Crippen molar-refractivity contribution >= 4 is 22.8 Å². The highest BCUT2D eigenvalue weighted by Crippen LogP contribution is 2.30. The average Bonchev–Trinajstić information content (AvgIpc) is 3.30. The molecule has 2 aromatic heterocycles. The SMILES string of the molecule is CCCC[C@H](CC)C(=O)N1CCN(c2nc(Cc3ccccc3)nc3c2c(C)nn3-c2ccccc2)CC1. The van der Waals surface area contributed by atoms with Crippen LogP contribution in [0, 0.1) is 12.8 Å². The van der Waals surface area contributed by atoms with Crippen molar-refractivity contribution in [3.8, 4) is 5.69 Å². The zero-order valence-electron chi connectivity index (χ0n) is 22.8. The maximum absolute atomic E-state index is 13.2. The van der Waals surface area contributed by atoms with Gasteiger partial charge in [-0.1, -0.05) is 75.2 Å². The van der Waals surface area contributed by atoms with Crippen molar-refractivity contribution in [3.05, 3.63) is 77.7 Å². The molecule has 4 aromatic rings. The lowest BCUT2D eigenvalue weighted by molar-refractivity contribution is -0.136. The number of carbonyl (C=O) groups excluding carboxylic acids is 1. The van der Waals surface area contributed by atoms with E-state index in [1.165, 1.54) is 5.56 Å². The van der Waals surface area contributed by atoms with Crippen molar-refractivity contribution in [2.75, 3.05) is 31.1 Å². The summed E-state index contributed by atoms with van der Waals surface area (Å²) in [6.45, 7) is 9.29. The number of piperazine rings is 1. The molecule has 0 aliphatic carbocycles. The molecule has 0 N–H and O–H groups in total. The van der Waals surface area contributed by atoms with Crippen molar-refractivity contribution in [2.24, 2.45) is 5.92 Å². The highest BCUT2D eigenvalue weighted by molar-refractivity contribution is 5.91. The molecule has 1 atom stereocenters. The van der Waals surface area contributed by atoms with Gasteiger partial charge in [-0.25, -0.2) is 14.6 Å². The predicted molar refractivity (Wildman–Crippen MR) is 153 cm³/mol. The van der Waals surface area contributed by atoms with Crippen LogP contribution in [0.5, 0.6) is 0 Å². The van der Waals surface area contributed by atoms with E-state index in [-0.39, 0.29) is 5.92 Å². The Kier molecular flexibility index (Phi) is 8.01. The molecule has 38 heavy (non-hydrogen) atoms. The van der Waals surface area contributed by atoms with Crippen LogP contribution in [0.2, 0.25) is 0 Å². The number of amides is 1. The number of rotatable bonds is 9. The van der Waals surface area contributed by atoms with E-state index in [0.29, 0.717) is 25.4 Å². The van der Waals surface area contributed by atoms with Gasteiger partial charge in [0.05, 0.1) is 16.8 Å². The van der Waals surface area contributed by atoms with E-state index in [1.54, 1.807) is 0 Å². The minimum absolute atomic E-state index is 0.135. The van der Waals surface area contributed by atoms with Crippen molar-refractivity contribution < 1.29 is 4.79 Å². The van der Waals surface area contributed by atoms with Gasteiger partial charge in [0.1, 0.15) is 11.6 Å². The Balaban J connectivity index is 1.47. The standard InChI is InChI=1S/C31H38N6O/c1-4-6-15-25(5-2)31(38)36-20-18-35(19-21-36)29-28-23(3)34-37(26-16-11-8-12-17-26)30(28)33-27(32-29)22-24-13-9-7-10-14-24/h7-14,16-17,25H,4-6,15,18-22H2,1-3H3/t25-/m0/s1. The summed E-state index contributed by atoms with van der Waals surface area (Å²) < 4.78 is 1.93. The molecule has 7 nitrogen and oxygen atoms in total. The fraction of sp³-hybridized carbons (Fsp3) is 0.419. The molecule has 0 saturated carbocycles. The summed E-state index contributed by atoms with van der Waals surface area (Å²) in [4.78, 5) is 27.7. The maximum Gasteiger partial charge on any atom is 0.225 e. The number of aromatic nitrogens is 4. The Labute approximate surface area is 225 Å². The lowest BCUT2D eigenvalue weighted by Gasteiger charge is -2.37. The Hall–Kier alpha value is -3.74. The van der Waals surface area contributed by atoms with E-state index >= 15 is 0 Å². The summed E-state index contributed by atoms with van der Waals surface area (Å²) >= 11 is 0. The summed E-state index contributed by atoms with van der Waals surface area (Å²) in [6, 6.07) is 20.5. The van der Waals surface area contributed by atoms with Crippen LogP contribution in [-0.4, -0.2) is 56.7 Å². The number of benzene rings is 2. The van der Waals surface area contributed by atoms with Crippen LogP contribution in [0.3, 0.4) is 0 Å². The van der Waals surface area contributed by atoms with Gasteiger partial charge in [-0.05, 0) is 37.5 Å². The van der Waals surface area contributed by atoms with Gasteiger partial charge in [-0.15, -0.1) is 0 Å². The fourth-order valence-corrected chi connectivity index (χ4v) is 5.39. The molecule has 198 valence electrons. The number of hydrogen-bond donors (Lipinski definition) is 0. The second kappa shape index (κ2) is 11.8. The maximum atomic E-state index is 13.2. The Morgan fingerprint density at radius 1 is 0.921 bits per heavy atom. The van der Waals surface area contributed by atoms with Gasteiger partial charge in [0.15, 0.2) is 5.65 Å². The van der Waals surface area contributed by atoms with Gasteiger partial charge in [0.25, 0.3) is 0 Å². The Bertz CT molecular complexity index is 1360. The molecule has 0 spiro atoms. The molecule has 0 bridgehead atoms. The summed E-state index contributed by atoms with van der Waals surface area (Å²) in [5, 5.41) is 5.88. The third kappa shape index (κ3) is 5.42. The van der Waals surface area contributed by atoms with Crippen LogP contribution in [0.25, 0.3) is 16.7 Å². The zero-order chi connectivity index (χ0) is 26.5. The van der Waals surface area contributed by atoms with Crippen molar-refractivity contribution in [1.29, 1.82) is 0 Å². The highest BCUT2D eigenvalue weighted by Gasteiger charge is 2.29. The Morgan fingerprint density at radius 2 is 1.61 bits per heavy atom. The number of para-hydroxylation sites is 1. The van der Waals surface area contributed by atoms with E-state index in [4.69, 9.17) is 15.1 Å². The molecule has 0 unspecified atom stereocenters. The summed E-state index contributed by atoms with van der Waals surface area (Å²) in [5.74, 6) is 2.15. The number of nitrogens with zero attached hydrogens (tertiary/aromatic N) is 6. The normalized spacial score (nSPS) is 14.7. The van der Waals surface area contributed by atoms with E-state index in [1.807, 2.05) is 48.0 Å².